The zero-order valence-electron chi connectivity index (χ0n) is 13.4. The molecule has 2 aliphatic heterocycles. The second-order valence-electron chi connectivity index (χ2n) is 6.25. The number of benzene rings is 1. The summed E-state index contributed by atoms with van der Waals surface area (Å²) in [7, 11) is -3.55. The average molecular weight is 338 g/mol. The van der Waals surface area contributed by atoms with Gasteiger partial charge in [-0.15, -0.1) is 0 Å². The third kappa shape index (κ3) is 3.27. The molecule has 0 aliphatic carbocycles. The number of carbonyl (C=O) groups excluding carboxylic acids is 1. The van der Waals surface area contributed by atoms with Gasteiger partial charge in [0.15, 0.2) is 0 Å². The molecule has 0 bridgehead atoms. The summed E-state index contributed by atoms with van der Waals surface area (Å²) in [5, 5.41) is 0. The van der Waals surface area contributed by atoms with Gasteiger partial charge < -0.3 is 9.64 Å². The first-order chi connectivity index (χ1) is 10.9. The summed E-state index contributed by atoms with van der Waals surface area (Å²) in [6, 6.07) is 6.24. The van der Waals surface area contributed by atoms with Crippen LogP contribution in [-0.4, -0.2) is 61.9 Å². The SMILES string of the molecule is C[C@@H]1CN(S(=O)(=O)c2ccc(C(=O)N3CCC3)cc2)C[C@@H](C)O1. The smallest absolute Gasteiger partial charge is 0.253 e. The Morgan fingerprint density at radius 3 is 2.13 bits per heavy atom. The van der Waals surface area contributed by atoms with Crippen LogP contribution in [0, 0.1) is 0 Å². The molecular formula is C16H22N2O4S. The van der Waals surface area contributed by atoms with E-state index in [1.807, 2.05) is 13.8 Å². The maximum Gasteiger partial charge on any atom is 0.253 e. The van der Waals surface area contributed by atoms with Crippen molar-refractivity contribution in [1.82, 2.24) is 9.21 Å². The minimum Gasteiger partial charge on any atom is -0.373 e. The molecule has 1 amide bonds. The van der Waals surface area contributed by atoms with E-state index >= 15 is 0 Å². The van der Waals surface area contributed by atoms with Crippen LogP contribution in [0.2, 0.25) is 0 Å². The third-order valence-electron chi connectivity index (χ3n) is 4.27. The molecule has 2 saturated heterocycles. The van der Waals surface area contributed by atoms with E-state index in [1.54, 1.807) is 17.0 Å². The number of hydrogen-bond donors (Lipinski definition) is 0. The van der Waals surface area contributed by atoms with Crippen LogP contribution in [0.25, 0.3) is 0 Å². The first kappa shape index (κ1) is 16.4. The topological polar surface area (TPSA) is 66.9 Å². The zero-order chi connectivity index (χ0) is 16.6. The van der Waals surface area contributed by atoms with E-state index in [0.29, 0.717) is 18.7 Å². The molecule has 2 heterocycles. The van der Waals surface area contributed by atoms with Gasteiger partial charge in [-0.2, -0.15) is 4.31 Å². The molecule has 0 radical (unpaired) electrons. The van der Waals surface area contributed by atoms with Crippen molar-refractivity contribution in [3.8, 4) is 0 Å². The van der Waals surface area contributed by atoms with Crippen LogP contribution in [-0.2, 0) is 14.8 Å². The molecule has 0 unspecified atom stereocenters. The maximum absolute atomic E-state index is 12.7. The van der Waals surface area contributed by atoms with Gasteiger partial charge in [-0.1, -0.05) is 0 Å². The summed E-state index contributed by atoms with van der Waals surface area (Å²) in [6.45, 7) is 5.99. The van der Waals surface area contributed by atoms with Gasteiger partial charge in [0.2, 0.25) is 10.0 Å². The summed E-state index contributed by atoms with van der Waals surface area (Å²) in [5.41, 5.74) is 0.535. The molecule has 1 aromatic rings. The Morgan fingerprint density at radius 1 is 1.09 bits per heavy atom. The lowest BCUT2D eigenvalue weighted by Crippen LogP contribution is -2.48. The average Bonchev–Trinajstić information content (AvgIpc) is 2.44. The quantitative estimate of drug-likeness (QED) is 0.834. The van der Waals surface area contributed by atoms with Crippen molar-refractivity contribution in [2.24, 2.45) is 0 Å². The lowest BCUT2D eigenvalue weighted by molar-refractivity contribution is -0.0440. The number of hydrogen-bond acceptors (Lipinski definition) is 4. The largest absolute Gasteiger partial charge is 0.373 e. The first-order valence-corrected chi connectivity index (χ1v) is 9.37. The van der Waals surface area contributed by atoms with E-state index in [4.69, 9.17) is 4.74 Å². The molecule has 7 heteroatoms. The van der Waals surface area contributed by atoms with Crippen molar-refractivity contribution in [3.05, 3.63) is 29.8 Å². The lowest BCUT2D eigenvalue weighted by atomic mass is 10.1. The highest BCUT2D eigenvalue weighted by Gasteiger charge is 2.32. The summed E-state index contributed by atoms with van der Waals surface area (Å²) in [5.74, 6) is -0.0335. The predicted molar refractivity (Wildman–Crippen MR) is 85.7 cm³/mol. The van der Waals surface area contributed by atoms with E-state index in [0.717, 1.165) is 19.5 Å². The van der Waals surface area contributed by atoms with Crippen LogP contribution < -0.4 is 0 Å². The van der Waals surface area contributed by atoms with Crippen molar-refractivity contribution in [3.63, 3.8) is 0 Å². The van der Waals surface area contributed by atoms with Gasteiger partial charge in [-0.25, -0.2) is 8.42 Å². The Hall–Kier alpha value is -1.44. The maximum atomic E-state index is 12.7. The summed E-state index contributed by atoms with van der Waals surface area (Å²) in [6.07, 6.45) is 0.785. The Labute approximate surface area is 137 Å². The minimum atomic E-state index is -3.55. The molecule has 2 atom stereocenters. The van der Waals surface area contributed by atoms with Crippen molar-refractivity contribution >= 4 is 15.9 Å². The van der Waals surface area contributed by atoms with Gasteiger partial charge in [0.1, 0.15) is 0 Å². The molecule has 126 valence electrons. The fourth-order valence-corrected chi connectivity index (χ4v) is 4.54. The highest BCUT2D eigenvalue weighted by molar-refractivity contribution is 7.89. The monoisotopic (exact) mass is 338 g/mol. The molecule has 6 nitrogen and oxygen atoms in total. The van der Waals surface area contributed by atoms with Crippen molar-refractivity contribution in [1.29, 1.82) is 0 Å². The lowest BCUT2D eigenvalue weighted by Gasteiger charge is -2.34. The number of nitrogens with zero attached hydrogens (tertiary/aromatic N) is 2. The second kappa shape index (κ2) is 6.22. The van der Waals surface area contributed by atoms with E-state index in [-0.39, 0.29) is 23.0 Å². The van der Waals surface area contributed by atoms with Crippen molar-refractivity contribution in [2.45, 2.75) is 37.4 Å². The van der Waals surface area contributed by atoms with Crippen LogP contribution in [0.1, 0.15) is 30.6 Å². The number of sulfonamides is 1. The van der Waals surface area contributed by atoms with Crippen molar-refractivity contribution < 1.29 is 17.9 Å². The van der Waals surface area contributed by atoms with Gasteiger partial charge in [0, 0.05) is 31.7 Å². The third-order valence-corrected chi connectivity index (χ3v) is 6.11. The molecule has 23 heavy (non-hydrogen) atoms. The fraction of sp³-hybridized carbons (Fsp3) is 0.562. The highest BCUT2D eigenvalue weighted by atomic mass is 32.2. The molecule has 1 aromatic carbocycles. The van der Waals surface area contributed by atoms with Gasteiger partial charge in [-0.05, 0) is 44.5 Å². The van der Waals surface area contributed by atoms with Crippen LogP contribution in [0.3, 0.4) is 0 Å². The Morgan fingerprint density at radius 2 is 1.65 bits per heavy atom. The van der Waals surface area contributed by atoms with Gasteiger partial charge in [0.05, 0.1) is 17.1 Å². The summed E-state index contributed by atoms with van der Waals surface area (Å²) in [4.78, 5) is 14.1. The van der Waals surface area contributed by atoms with E-state index in [9.17, 15) is 13.2 Å². The Bertz CT molecular complexity index is 673. The van der Waals surface area contributed by atoms with Crippen LogP contribution in [0.4, 0.5) is 0 Å². The molecule has 0 spiro atoms. The first-order valence-electron chi connectivity index (χ1n) is 7.93. The standard InChI is InChI=1S/C16H22N2O4S/c1-12-10-18(11-13(2)22-12)23(20,21)15-6-4-14(5-7-15)16(19)17-8-3-9-17/h4-7,12-13H,3,8-11H2,1-2H3/t12-,13-/m1/s1. The highest BCUT2D eigenvalue weighted by Crippen LogP contribution is 2.22. The predicted octanol–water partition coefficient (Wildman–Crippen LogP) is 1.33. The fourth-order valence-electron chi connectivity index (χ4n) is 2.95. The number of rotatable bonds is 3. The summed E-state index contributed by atoms with van der Waals surface area (Å²) >= 11 is 0. The van der Waals surface area contributed by atoms with Gasteiger partial charge >= 0.3 is 0 Å². The molecule has 2 fully saturated rings. The Kier molecular flexibility index (Phi) is 4.44. The van der Waals surface area contributed by atoms with Crippen LogP contribution in [0.15, 0.2) is 29.2 Å². The minimum absolute atomic E-state index is 0.0335. The van der Waals surface area contributed by atoms with Crippen LogP contribution in [0.5, 0.6) is 0 Å². The van der Waals surface area contributed by atoms with Gasteiger partial charge in [0.25, 0.3) is 5.91 Å². The molecular weight excluding hydrogens is 316 g/mol. The van der Waals surface area contributed by atoms with Gasteiger partial charge in [-0.3, -0.25) is 4.79 Å². The van der Waals surface area contributed by atoms with E-state index in [1.165, 1.54) is 16.4 Å². The second-order valence-corrected chi connectivity index (χ2v) is 8.19. The number of carbonyl (C=O) groups is 1. The number of amides is 1. The number of morpholine rings is 1. The molecule has 0 N–H and O–H groups in total. The number of ether oxygens (including phenoxy) is 1. The van der Waals surface area contributed by atoms with E-state index < -0.39 is 10.0 Å². The molecule has 0 saturated carbocycles. The Balaban J connectivity index is 1.78. The van der Waals surface area contributed by atoms with Crippen LogP contribution >= 0.6 is 0 Å². The van der Waals surface area contributed by atoms with Crippen molar-refractivity contribution in [2.75, 3.05) is 26.2 Å². The number of likely N-dealkylation sites (tertiary alicyclic amines) is 1. The molecule has 0 aromatic heterocycles. The summed E-state index contributed by atoms with van der Waals surface area (Å²) < 4.78 is 32.5. The molecule has 3 rings (SSSR count). The molecule has 2 aliphatic rings. The van der Waals surface area contributed by atoms with E-state index in [2.05, 4.69) is 0 Å². The normalized spacial score (nSPS) is 25.9. The zero-order valence-corrected chi connectivity index (χ0v) is 14.3.